The molecule has 0 N–H and O–H groups in total. The molecule has 0 fully saturated rings. The van der Waals surface area contributed by atoms with E-state index in [1.54, 1.807) is 14.2 Å². The molecule has 1 aliphatic heterocycles. The Kier molecular flexibility index (Phi) is 2.84. The van der Waals surface area contributed by atoms with Crippen LogP contribution in [-0.4, -0.2) is 22.3 Å². The average molecular weight is 322 g/mol. The van der Waals surface area contributed by atoms with Crippen LogP contribution in [0.3, 0.4) is 0 Å². The first kappa shape index (κ1) is 14.3. The molecule has 1 aliphatic rings. The number of benzene rings is 2. The smallest absolute Gasteiger partial charge is 0.195 e. The highest BCUT2D eigenvalue weighted by Gasteiger charge is 2.41. The molecule has 0 amide bonds. The summed E-state index contributed by atoms with van der Waals surface area (Å²) in [7, 11) is 1.38. The number of hydrogen-bond acceptors (Lipinski definition) is 3. The highest BCUT2D eigenvalue weighted by Crippen LogP contribution is 2.39. The Hall–Kier alpha value is -2.33. The molecule has 116 valence electrons. The van der Waals surface area contributed by atoms with Crippen LogP contribution in [0, 0.1) is 0 Å². The maximum Gasteiger partial charge on any atom is 0.195 e. The molecule has 4 rings (SSSR count). The minimum atomic E-state index is -1.97. The zero-order valence-electron chi connectivity index (χ0n) is 13.7. The van der Waals surface area contributed by atoms with Gasteiger partial charge in [-0.3, -0.25) is 4.79 Å². The first-order valence-corrected chi connectivity index (χ1v) is 10.7. The fourth-order valence-corrected chi connectivity index (χ4v) is 6.66. The predicted molar refractivity (Wildman–Crippen MR) is 95.8 cm³/mol. The van der Waals surface area contributed by atoms with E-state index in [1.807, 2.05) is 24.3 Å². The topological polar surface area (TPSA) is 35.5 Å². The van der Waals surface area contributed by atoms with Crippen LogP contribution >= 0.6 is 0 Å². The van der Waals surface area contributed by atoms with E-state index in [0.717, 1.165) is 33.8 Å². The van der Waals surface area contributed by atoms with Crippen LogP contribution in [0.1, 0.15) is 0 Å². The van der Waals surface area contributed by atoms with Crippen molar-refractivity contribution >= 4 is 18.4 Å². The Morgan fingerprint density at radius 3 is 1.61 bits per heavy atom. The lowest BCUT2D eigenvalue weighted by molar-refractivity contribution is 0.415. The minimum Gasteiger partial charge on any atom is -0.497 e. The second-order valence-electron chi connectivity index (χ2n) is 6.53. The van der Waals surface area contributed by atoms with Crippen molar-refractivity contribution in [3.63, 3.8) is 0 Å². The molecule has 23 heavy (non-hydrogen) atoms. The minimum absolute atomic E-state index is 0.173. The zero-order valence-corrected chi connectivity index (χ0v) is 14.7. The molecule has 3 aromatic carbocycles. The van der Waals surface area contributed by atoms with E-state index in [-0.39, 0.29) is 5.43 Å². The third-order valence-electron chi connectivity index (χ3n) is 4.98. The van der Waals surface area contributed by atoms with Crippen LogP contribution in [0.25, 0.3) is 22.3 Å². The largest absolute Gasteiger partial charge is 0.497 e. The molecule has 0 aliphatic carbocycles. The number of fused-ring (bicyclic) bond motifs is 5. The van der Waals surface area contributed by atoms with Gasteiger partial charge in [-0.1, -0.05) is 25.2 Å². The van der Waals surface area contributed by atoms with Crippen molar-refractivity contribution in [2.45, 2.75) is 13.1 Å². The zero-order chi connectivity index (χ0) is 16.4. The van der Waals surface area contributed by atoms with E-state index in [2.05, 4.69) is 25.2 Å². The van der Waals surface area contributed by atoms with Gasteiger partial charge in [-0.25, -0.2) is 0 Å². The van der Waals surface area contributed by atoms with Crippen LogP contribution in [0.15, 0.2) is 41.2 Å². The molecule has 0 aromatic heterocycles. The Morgan fingerprint density at radius 1 is 0.783 bits per heavy atom. The van der Waals surface area contributed by atoms with E-state index in [0.29, 0.717) is 0 Å². The second-order valence-corrected chi connectivity index (χ2v) is 10.9. The van der Waals surface area contributed by atoms with E-state index in [4.69, 9.17) is 9.47 Å². The van der Waals surface area contributed by atoms with Gasteiger partial charge in [0, 0.05) is 11.1 Å². The third kappa shape index (κ3) is 1.85. The quantitative estimate of drug-likeness (QED) is 0.680. The average Bonchev–Trinajstić information content (AvgIpc) is 3.25. The monoisotopic (exact) mass is 322 g/mol. The first-order valence-electron chi connectivity index (χ1n) is 7.65. The van der Waals surface area contributed by atoms with Crippen molar-refractivity contribution in [1.29, 1.82) is 0 Å². The summed E-state index contributed by atoms with van der Waals surface area (Å²) in [5, 5.41) is 2.50. The summed E-state index contributed by atoms with van der Waals surface area (Å²) >= 11 is 0. The van der Waals surface area contributed by atoms with Gasteiger partial charge in [0.05, 0.1) is 14.2 Å². The molecule has 0 saturated heterocycles. The summed E-state index contributed by atoms with van der Waals surface area (Å²) < 4.78 is 10.8. The Morgan fingerprint density at radius 2 is 1.22 bits per heavy atom. The van der Waals surface area contributed by atoms with E-state index >= 15 is 0 Å². The Bertz CT molecular complexity index is 873. The summed E-state index contributed by atoms with van der Waals surface area (Å²) in [5.41, 5.74) is 4.10. The Labute approximate surface area is 136 Å². The molecule has 4 heteroatoms. The molecule has 1 heterocycles. The lowest BCUT2D eigenvalue weighted by Gasteiger charge is -2.27. The summed E-state index contributed by atoms with van der Waals surface area (Å²) in [5.74, 6) is 1.68. The number of ether oxygens (including phenoxy) is 2. The van der Waals surface area contributed by atoms with Gasteiger partial charge < -0.3 is 9.47 Å². The van der Waals surface area contributed by atoms with Crippen molar-refractivity contribution in [3.05, 3.63) is 46.6 Å². The fraction of sp³-hybridized carbons (Fsp3) is 0.211. The van der Waals surface area contributed by atoms with Gasteiger partial charge in [0.25, 0.3) is 0 Å². The Balaban J connectivity index is 2.08. The molecule has 0 bridgehead atoms. The van der Waals surface area contributed by atoms with Crippen molar-refractivity contribution in [1.82, 2.24) is 0 Å². The van der Waals surface area contributed by atoms with Crippen molar-refractivity contribution in [2.75, 3.05) is 14.2 Å². The van der Waals surface area contributed by atoms with Gasteiger partial charge in [-0.2, -0.15) is 0 Å². The van der Waals surface area contributed by atoms with Gasteiger partial charge in [0.15, 0.2) is 5.43 Å². The van der Waals surface area contributed by atoms with Crippen molar-refractivity contribution < 1.29 is 9.47 Å². The van der Waals surface area contributed by atoms with E-state index in [1.165, 1.54) is 10.4 Å². The van der Waals surface area contributed by atoms with Gasteiger partial charge >= 0.3 is 0 Å². The van der Waals surface area contributed by atoms with Crippen LogP contribution in [0.4, 0.5) is 0 Å². The maximum absolute atomic E-state index is 12.4. The molecular formula is C19H18O3Si. The maximum atomic E-state index is 12.4. The van der Waals surface area contributed by atoms with E-state index < -0.39 is 8.07 Å². The van der Waals surface area contributed by atoms with Crippen LogP contribution in [0.2, 0.25) is 13.1 Å². The van der Waals surface area contributed by atoms with Gasteiger partial charge in [0.2, 0.25) is 0 Å². The molecule has 3 aromatic rings. The van der Waals surface area contributed by atoms with Gasteiger partial charge in [-0.15, -0.1) is 0 Å². The number of rotatable bonds is 2. The van der Waals surface area contributed by atoms with Gasteiger partial charge in [0.1, 0.15) is 19.6 Å². The molecule has 0 unspecified atom stereocenters. The lowest BCUT2D eigenvalue weighted by atomic mass is 10.1. The molecule has 0 atom stereocenters. The lowest BCUT2D eigenvalue weighted by Crippen LogP contribution is -2.54. The van der Waals surface area contributed by atoms with Crippen LogP contribution in [-0.2, 0) is 0 Å². The summed E-state index contributed by atoms with van der Waals surface area (Å²) in [6.07, 6.45) is 0. The summed E-state index contributed by atoms with van der Waals surface area (Å²) in [4.78, 5) is 12.4. The molecule has 0 saturated carbocycles. The normalized spacial score (nSPS) is 14.6. The number of methoxy groups -OCH3 is 2. The third-order valence-corrected chi connectivity index (χ3v) is 8.50. The fourth-order valence-electron chi connectivity index (χ4n) is 3.60. The highest BCUT2D eigenvalue weighted by atomic mass is 28.3. The van der Waals surface area contributed by atoms with Crippen molar-refractivity contribution in [3.8, 4) is 33.8 Å². The molecule has 0 radical (unpaired) electrons. The molecule has 0 spiro atoms. The van der Waals surface area contributed by atoms with Crippen molar-refractivity contribution in [2.24, 2.45) is 0 Å². The van der Waals surface area contributed by atoms with Crippen LogP contribution < -0.4 is 25.3 Å². The van der Waals surface area contributed by atoms with E-state index in [9.17, 15) is 4.79 Å². The highest BCUT2D eigenvalue weighted by molar-refractivity contribution is 7.02. The van der Waals surface area contributed by atoms with Crippen LogP contribution in [0.5, 0.6) is 11.5 Å². The predicted octanol–water partition coefficient (Wildman–Crippen LogP) is 2.41. The van der Waals surface area contributed by atoms with Gasteiger partial charge in [-0.05, 0) is 45.8 Å². The summed E-state index contributed by atoms with van der Waals surface area (Å²) in [6, 6.07) is 12.2. The summed E-state index contributed by atoms with van der Waals surface area (Å²) in [6.45, 7) is 4.64. The second kappa shape index (κ2) is 4.58. The standard InChI is InChI=1S/C19H18O3Si/c1-21-11-5-7-13-15(9-11)23(3,4)16-10-12(22-2)6-8-14(16)18-17(13)19(18)20/h5-10H,1-4H3. The molecular weight excluding hydrogens is 304 g/mol. The first-order chi connectivity index (χ1) is 11.0. The number of hydrogen-bond donors (Lipinski definition) is 0. The SMILES string of the molecule is COc1ccc2c(c1)[Si](C)(C)c1cc(OC)ccc1-c1c-2c1=O. The molecule has 3 nitrogen and oxygen atoms in total.